The third-order valence-electron chi connectivity index (χ3n) is 4.88. The lowest BCUT2D eigenvalue weighted by molar-refractivity contribution is -0.188. The Morgan fingerprint density at radius 2 is 1.95 bits per heavy atom. The molecule has 0 aromatic rings. The zero-order chi connectivity index (χ0) is 14.8. The highest BCUT2D eigenvalue weighted by Gasteiger charge is 2.47. The first-order chi connectivity index (χ1) is 9.37. The lowest BCUT2D eigenvalue weighted by Crippen LogP contribution is -2.57. The van der Waals surface area contributed by atoms with E-state index >= 15 is 0 Å². The number of ether oxygens (including phenoxy) is 1. The summed E-state index contributed by atoms with van der Waals surface area (Å²) >= 11 is 0. The zero-order valence-electron chi connectivity index (χ0n) is 12.1. The maximum atomic E-state index is 12.8. The van der Waals surface area contributed by atoms with Gasteiger partial charge in [-0.25, -0.2) is 0 Å². The molecule has 1 atom stereocenters. The van der Waals surface area contributed by atoms with Crippen molar-refractivity contribution in [2.75, 3.05) is 26.2 Å². The molecule has 3 nitrogen and oxygen atoms in total. The van der Waals surface area contributed by atoms with Crippen molar-refractivity contribution in [3.8, 4) is 0 Å². The second kappa shape index (κ2) is 6.20. The third-order valence-corrected chi connectivity index (χ3v) is 4.88. The standard InChI is InChI=1S/C14H25F3N2O/c1-11-9-19(7-2-8-20-11)13(10-18)5-3-12(4-6-13)14(15,16)17/h11-12H,2-10,18H2,1H3. The summed E-state index contributed by atoms with van der Waals surface area (Å²) in [6.07, 6.45) is -1.52. The van der Waals surface area contributed by atoms with Gasteiger partial charge in [0.1, 0.15) is 0 Å². The molecule has 1 unspecified atom stereocenters. The van der Waals surface area contributed by atoms with E-state index in [0.717, 1.165) is 26.1 Å². The quantitative estimate of drug-likeness (QED) is 0.850. The first-order valence-electron chi connectivity index (χ1n) is 7.51. The number of rotatable bonds is 2. The molecule has 6 heteroatoms. The van der Waals surface area contributed by atoms with Crippen LogP contribution in [-0.4, -0.2) is 49.0 Å². The lowest BCUT2D eigenvalue weighted by Gasteiger charge is -2.48. The summed E-state index contributed by atoms with van der Waals surface area (Å²) in [6.45, 7) is 4.82. The Morgan fingerprint density at radius 1 is 1.30 bits per heavy atom. The van der Waals surface area contributed by atoms with Gasteiger partial charge in [-0.15, -0.1) is 0 Å². The highest BCUT2D eigenvalue weighted by atomic mass is 19.4. The van der Waals surface area contributed by atoms with E-state index in [1.807, 2.05) is 6.92 Å². The van der Waals surface area contributed by atoms with Gasteiger partial charge >= 0.3 is 6.18 Å². The van der Waals surface area contributed by atoms with Gasteiger partial charge in [-0.2, -0.15) is 13.2 Å². The minimum Gasteiger partial charge on any atom is -0.377 e. The van der Waals surface area contributed by atoms with Gasteiger partial charge in [-0.1, -0.05) is 0 Å². The van der Waals surface area contributed by atoms with Gasteiger partial charge in [0, 0.05) is 31.8 Å². The van der Waals surface area contributed by atoms with Gasteiger partial charge in [-0.05, 0) is 39.0 Å². The summed E-state index contributed by atoms with van der Waals surface area (Å²) in [7, 11) is 0. The first-order valence-corrected chi connectivity index (χ1v) is 7.51. The number of alkyl halides is 3. The van der Waals surface area contributed by atoms with Crippen molar-refractivity contribution in [2.45, 2.75) is 56.8 Å². The van der Waals surface area contributed by atoms with Gasteiger partial charge < -0.3 is 10.5 Å². The molecule has 1 aliphatic carbocycles. The van der Waals surface area contributed by atoms with Crippen LogP contribution in [0.2, 0.25) is 0 Å². The van der Waals surface area contributed by atoms with Crippen LogP contribution in [0.1, 0.15) is 39.0 Å². The van der Waals surface area contributed by atoms with Crippen LogP contribution in [0.15, 0.2) is 0 Å². The lowest BCUT2D eigenvalue weighted by atomic mass is 9.75. The maximum absolute atomic E-state index is 12.8. The van der Waals surface area contributed by atoms with Crippen molar-refractivity contribution in [3.05, 3.63) is 0 Å². The smallest absolute Gasteiger partial charge is 0.377 e. The van der Waals surface area contributed by atoms with Gasteiger partial charge in [0.2, 0.25) is 0 Å². The molecule has 0 radical (unpaired) electrons. The van der Waals surface area contributed by atoms with E-state index in [9.17, 15) is 13.2 Å². The second-order valence-corrected chi connectivity index (χ2v) is 6.23. The van der Waals surface area contributed by atoms with Crippen LogP contribution in [0.3, 0.4) is 0 Å². The third kappa shape index (κ3) is 3.46. The molecule has 0 aromatic heterocycles. The number of halogens is 3. The Morgan fingerprint density at radius 3 is 2.50 bits per heavy atom. The molecular weight excluding hydrogens is 269 g/mol. The van der Waals surface area contributed by atoms with Crippen molar-refractivity contribution in [3.63, 3.8) is 0 Å². The molecule has 1 aliphatic heterocycles. The van der Waals surface area contributed by atoms with Crippen molar-refractivity contribution in [1.29, 1.82) is 0 Å². The number of nitrogens with two attached hydrogens (primary N) is 1. The van der Waals surface area contributed by atoms with E-state index < -0.39 is 12.1 Å². The van der Waals surface area contributed by atoms with Crippen LogP contribution in [-0.2, 0) is 4.74 Å². The van der Waals surface area contributed by atoms with Crippen LogP contribution in [0.4, 0.5) is 13.2 Å². The average Bonchev–Trinajstić information content (AvgIpc) is 2.63. The van der Waals surface area contributed by atoms with E-state index in [2.05, 4.69) is 4.90 Å². The minimum atomic E-state index is -4.06. The fourth-order valence-corrected chi connectivity index (χ4v) is 3.56. The van der Waals surface area contributed by atoms with E-state index in [1.165, 1.54) is 0 Å². The van der Waals surface area contributed by atoms with Crippen LogP contribution in [0.5, 0.6) is 0 Å². The highest BCUT2D eigenvalue weighted by molar-refractivity contribution is 4.97. The molecule has 1 saturated carbocycles. The van der Waals surface area contributed by atoms with Crippen LogP contribution in [0.25, 0.3) is 0 Å². The monoisotopic (exact) mass is 294 g/mol. The van der Waals surface area contributed by atoms with Gasteiger partial charge in [0.15, 0.2) is 0 Å². The summed E-state index contributed by atoms with van der Waals surface area (Å²) in [4.78, 5) is 2.29. The molecule has 0 bridgehead atoms. The molecule has 2 rings (SSSR count). The molecule has 1 saturated heterocycles. The average molecular weight is 294 g/mol. The molecule has 2 aliphatic rings. The molecule has 0 aromatic carbocycles. The fourth-order valence-electron chi connectivity index (χ4n) is 3.56. The van der Waals surface area contributed by atoms with Crippen molar-refractivity contribution >= 4 is 0 Å². The molecule has 0 spiro atoms. The summed E-state index contributed by atoms with van der Waals surface area (Å²) < 4.78 is 44.0. The Hall–Kier alpha value is -0.330. The molecule has 2 fully saturated rings. The summed E-state index contributed by atoms with van der Waals surface area (Å²) in [5.41, 5.74) is 5.70. The molecular formula is C14H25F3N2O. The van der Waals surface area contributed by atoms with Crippen LogP contribution >= 0.6 is 0 Å². The molecule has 20 heavy (non-hydrogen) atoms. The fraction of sp³-hybridized carbons (Fsp3) is 1.00. The Bertz CT molecular complexity index is 314. The normalized spacial score (nSPS) is 37.6. The number of hydrogen-bond donors (Lipinski definition) is 1. The Labute approximate surface area is 118 Å². The van der Waals surface area contributed by atoms with E-state index in [0.29, 0.717) is 19.4 Å². The largest absolute Gasteiger partial charge is 0.391 e. The van der Waals surface area contributed by atoms with Crippen molar-refractivity contribution < 1.29 is 17.9 Å². The van der Waals surface area contributed by atoms with Gasteiger partial charge in [0.05, 0.1) is 12.0 Å². The topological polar surface area (TPSA) is 38.5 Å². The van der Waals surface area contributed by atoms with Crippen molar-refractivity contribution in [1.82, 2.24) is 4.90 Å². The predicted molar refractivity (Wildman–Crippen MR) is 71.4 cm³/mol. The summed E-state index contributed by atoms with van der Waals surface area (Å²) in [6, 6.07) is 0. The Kier molecular flexibility index (Phi) is 4.97. The summed E-state index contributed by atoms with van der Waals surface area (Å²) in [5.74, 6) is -1.15. The number of nitrogens with zero attached hydrogens (tertiary/aromatic N) is 1. The Balaban J connectivity index is 2.04. The van der Waals surface area contributed by atoms with E-state index in [1.54, 1.807) is 0 Å². The van der Waals surface area contributed by atoms with Gasteiger partial charge in [-0.3, -0.25) is 4.90 Å². The minimum absolute atomic E-state index is 0.126. The zero-order valence-corrected chi connectivity index (χ0v) is 12.1. The second-order valence-electron chi connectivity index (χ2n) is 6.23. The first kappa shape index (κ1) is 16.0. The van der Waals surface area contributed by atoms with Crippen molar-refractivity contribution in [2.24, 2.45) is 11.7 Å². The maximum Gasteiger partial charge on any atom is 0.391 e. The van der Waals surface area contributed by atoms with E-state index in [-0.39, 0.29) is 24.5 Å². The SMILES string of the molecule is CC1CN(C2(CN)CCC(C(F)(F)F)CC2)CCCO1. The summed E-state index contributed by atoms with van der Waals surface area (Å²) in [5, 5.41) is 0. The van der Waals surface area contributed by atoms with Crippen LogP contribution < -0.4 is 5.73 Å². The highest BCUT2D eigenvalue weighted by Crippen LogP contribution is 2.43. The van der Waals surface area contributed by atoms with Crippen LogP contribution in [0, 0.1) is 5.92 Å². The molecule has 118 valence electrons. The predicted octanol–water partition coefficient (Wildman–Crippen LogP) is 2.55. The van der Waals surface area contributed by atoms with Gasteiger partial charge in [0.25, 0.3) is 0 Å². The number of hydrogen-bond acceptors (Lipinski definition) is 3. The molecule has 2 N–H and O–H groups in total. The molecule has 0 amide bonds. The molecule has 1 heterocycles. The van der Waals surface area contributed by atoms with E-state index in [4.69, 9.17) is 10.5 Å².